The molecule has 0 saturated carbocycles. The van der Waals surface area contributed by atoms with Gasteiger partial charge >= 0.3 is 0 Å². The van der Waals surface area contributed by atoms with Crippen molar-refractivity contribution in [3.63, 3.8) is 0 Å². The molecule has 0 aliphatic rings. The topological polar surface area (TPSA) is 143 Å². The molecule has 3 aromatic rings. The Morgan fingerprint density at radius 2 is 1.97 bits per heavy atom. The summed E-state index contributed by atoms with van der Waals surface area (Å²) in [5.74, 6) is -0.420. The van der Waals surface area contributed by atoms with Gasteiger partial charge in [-0.2, -0.15) is 0 Å². The number of rotatable bonds is 9. The van der Waals surface area contributed by atoms with Gasteiger partial charge in [-0.15, -0.1) is 5.10 Å². The third-order valence-electron chi connectivity index (χ3n) is 4.59. The zero-order chi connectivity index (χ0) is 24.8. The van der Waals surface area contributed by atoms with Crippen molar-refractivity contribution in [2.24, 2.45) is 5.92 Å². The maximum atomic E-state index is 12.7. The molecule has 34 heavy (non-hydrogen) atoms. The van der Waals surface area contributed by atoms with Crippen molar-refractivity contribution < 1.29 is 14.5 Å². The van der Waals surface area contributed by atoms with E-state index in [9.17, 15) is 19.7 Å². The SMILES string of the molecule is CC(C)[C@H](NC(=O)c1cccc([N+](=O)[O-])c1)c1nc(SCC(=O)Nc2ccc(Cl)cc2Cl)n[nH]1. The fourth-order valence-electron chi connectivity index (χ4n) is 2.91. The van der Waals surface area contributed by atoms with Crippen molar-refractivity contribution in [1.82, 2.24) is 20.5 Å². The monoisotopic (exact) mass is 522 g/mol. The summed E-state index contributed by atoms with van der Waals surface area (Å²) in [5.41, 5.74) is 0.424. The van der Waals surface area contributed by atoms with Crippen LogP contribution in [0.2, 0.25) is 10.0 Å². The number of nitro benzene ring substituents is 1. The van der Waals surface area contributed by atoms with Crippen molar-refractivity contribution >= 4 is 58.2 Å². The van der Waals surface area contributed by atoms with Crippen LogP contribution in [0.4, 0.5) is 11.4 Å². The fourth-order valence-corrected chi connectivity index (χ4v) is 3.97. The lowest BCUT2D eigenvalue weighted by molar-refractivity contribution is -0.384. The normalized spacial score (nSPS) is 11.8. The first-order valence-corrected chi connectivity index (χ1v) is 11.7. The van der Waals surface area contributed by atoms with Crippen LogP contribution in [0, 0.1) is 16.0 Å². The molecule has 0 bridgehead atoms. The smallest absolute Gasteiger partial charge is 0.270 e. The Balaban J connectivity index is 1.63. The van der Waals surface area contributed by atoms with Gasteiger partial charge in [0.05, 0.1) is 27.4 Å². The molecule has 2 amide bonds. The van der Waals surface area contributed by atoms with E-state index in [1.54, 1.807) is 12.1 Å². The molecule has 3 rings (SSSR count). The number of anilines is 1. The first kappa shape index (κ1) is 25.5. The van der Waals surface area contributed by atoms with Crippen LogP contribution in [0.5, 0.6) is 0 Å². The van der Waals surface area contributed by atoms with Gasteiger partial charge in [0.15, 0.2) is 0 Å². The molecule has 1 heterocycles. The van der Waals surface area contributed by atoms with Crippen molar-refractivity contribution in [3.8, 4) is 0 Å². The summed E-state index contributed by atoms with van der Waals surface area (Å²) in [6.45, 7) is 3.77. The number of carbonyl (C=O) groups is 2. The molecule has 13 heteroatoms. The molecular formula is C21H20Cl2N6O4S. The molecule has 3 N–H and O–H groups in total. The standard InChI is InChI=1S/C21H20Cl2N6O4S/c1-11(2)18(25-20(31)12-4-3-5-14(8-12)29(32)33)19-26-21(28-27-19)34-10-17(30)24-16-7-6-13(22)9-15(16)23/h3-9,11,18H,10H2,1-2H3,(H,24,30)(H,25,31)(H,26,27,28)/t18-/m0/s1. The highest BCUT2D eigenvalue weighted by atomic mass is 35.5. The maximum Gasteiger partial charge on any atom is 0.270 e. The van der Waals surface area contributed by atoms with Crippen LogP contribution >= 0.6 is 35.0 Å². The van der Waals surface area contributed by atoms with Crippen LogP contribution in [-0.2, 0) is 4.79 Å². The molecule has 1 aromatic heterocycles. The van der Waals surface area contributed by atoms with E-state index in [1.165, 1.54) is 30.3 Å². The number of amides is 2. The third-order valence-corrected chi connectivity index (χ3v) is 5.98. The summed E-state index contributed by atoms with van der Waals surface area (Å²) in [5, 5.41) is 24.5. The van der Waals surface area contributed by atoms with Gasteiger partial charge in [0.2, 0.25) is 11.1 Å². The number of H-pyrrole nitrogens is 1. The molecule has 2 aromatic carbocycles. The lowest BCUT2D eigenvalue weighted by Crippen LogP contribution is -2.32. The summed E-state index contributed by atoms with van der Waals surface area (Å²) in [7, 11) is 0. The number of carbonyl (C=O) groups excluding carboxylic acids is 2. The van der Waals surface area contributed by atoms with Crippen molar-refractivity contribution in [3.05, 3.63) is 74.0 Å². The van der Waals surface area contributed by atoms with E-state index < -0.39 is 16.9 Å². The lowest BCUT2D eigenvalue weighted by atomic mass is 10.0. The zero-order valence-corrected chi connectivity index (χ0v) is 20.4. The molecule has 0 radical (unpaired) electrons. The molecule has 0 aliphatic heterocycles. The Morgan fingerprint density at radius 3 is 2.65 bits per heavy atom. The fraction of sp³-hybridized carbons (Fsp3) is 0.238. The van der Waals surface area contributed by atoms with Gasteiger partial charge in [-0.05, 0) is 30.2 Å². The molecule has 1 atom stereocenters. The average Bonchev–Trinajstić information content (AvgIpc) is 3.26. The van der Waals surface area contributed by atoms with Crippen molar-refractivity contribution in [2.45, 2.75) is 25.0 Å². The second-order valence-corrected chi connectivity index (χ2v) is 9.25. The van der Waals surface area contributed by atoms with E-state index >= 15 is 0 Å². The first-order valence-electron chi connectivity index (χ1n) is 9.99. The Hall–Kier alpha value is -3.15. The lowest BCUT2D eigenvalue weighted by Gasteiger charge is -2.19. The third kappa shape index (κ3) is 6.69. The second-order valence-electron chi connectivity index (χ2n) is 7.47. The summed E-state index contributed by atoms with van der Waals surface area (Å²) < 4.78 is 0. The minimum atomic E-state index is -0.562. The quantitative estimate of drug-likeness (QED) is 0.206. The molecule has 178 valence electrons. The van der Waals surface area contributed by atoms with Crippen LogP contribution in [0.1, 0.15) is 36.1 Å². The largest absolute Gasteiger partial charge is 0.342 e. The van der Waals surface area contributed by atoms with Crippen molar-refractivity contribution in [2.75, 3.05) is 11.1 Å². The Labute approximate surface area is 209 Å². The molecule has 0 fully saturated rings. The predicted octanol–water partition coefficient (Wildman–Crippen LogP) is 4.88. The van der Waals surface area contributed by atoms with Gasteiger partial charge in [0.1, 0.15) is 5.82 Å². The van der Waals surface area contributed by atoms with Gasteiger partial charge in [-0.1, -0.05) is 54.9 Å². The summed E-state index contributed by atoms with van der Waals surface area (Å²) in [6, 6.07) is 9.68. The van der Waals surface area contributed by atoms with E-state index in [1.807, 2.05) is 13.8 Å². The number of non-ortho nitro benzene ring substituents is 1. The predicted molar refractivity (Wildman–Crippen MR) is 130 cm³/mol. The van der Waals surface area contributed by atoms with Crippen LogP contribution in [0.25, 0.3) is 0 Å². The minimum absolute atomic E-state index is 0.0304. The highest BCUT2D eigenvalue weighted by Gasteiger charge is 2.24. The van der Waals surface area contributed by atoms with Crippen LogP contribution in [-0.4, -0.2) is 37.7 Å². The average molecular weight is 523 g/mol. The van der Waals surface area contributed by atoms with Crippen LogP contribution in [0.15, 0.2) is 47.6 Å². The van der Waals surface area contributed by atoms with Crippen molar-refractivity contribution in [1.29, 1.82) is 0 Å². The van der Waals surface area contributed by atoms with E-state index in [0.717, 1.165) is 11.8 Å². The van der Waals surface area contributed by atoms with E-state index in [2.05, 4.69) is 25.8 Å². The summed E-state index contributed by atoms with van der Waals surface area (Å²) in [6.07, 6.45) is 0. The number of hydrogen-bond donors (Lipinski definition) is 3. The molecule has 0 saturated heterocycles. The van der Waals surface area contributed by atoms with Gasteiger partial charge in [0, 0.05) is 22.7 Å². The molecular weight excluding hydrogens is 503 g/mol. The molecule has 10 nitrogen and oxygen atoms in total. The number of nitrogens with zero attached hydrogens (tertiary/aromatic N) is 3. The van der Waals surface area contributed by atoms with Crippen LogP contribution in [0.3, 0.4) is 0 Å². The van der Waals surface area contributed by atoms with Gasteiger partial charge < -0.3 is 10.6 Å². The number of nitro groups is 1. The second kappa shape index (κ2) is 11.3. The van der Waals surface area contributed by atoms with E-state index in [4.69, 9.17) is 23.2 Å². The number of hydrogen-bond acceptors (Lipinski definition) is 7. The van der Waals surface area contributed by atoms with E-state index in [-0.39, 0.29) is 28.8 Å². The minimum Gasteiger partial charge on any atom is -0.342 e. The molecule has 0 unspecified atom stereocenters. The first-order chi connectivity index (χ1) is 16.1. The summed E-state index contributed by atoms with van der Waals surface area (Å²) in [4.78, 5) is 39.7. The highest BCUT2D eigenvalue weighted by molar-refractivity contribution is 7.99. The van der Waals surface area contributed by atoms with Gasteiger partial charge in [0.25, 0.3) is 11.6 Å². The van der Waals surface area contributed by atoms with Gasteiger partial charge in [-0.3, -0.25) is 24.8 Å². The number of aromatic amines is 1. The molecule has 0 aliphatic carbocycles. The number of aromatic nitrogens is 3. The molecule has 0 spiro atoms. The number of nitrogens with one attached hydrogen (secondary N) is 3. The number of halogens is 2. The van der Waals surface area contributed by atoms with Gasteiger partial charge in [-0.25, -0.2) is 4.98 Å². The number of benzene rings is 2. The Kier molecular flexibility index (Phi) is 8.48. The number of thioether (sulfide) groups is 1. The van der Waals surface area contributed by atoms with Crippen LogP contribution < -0.4 is 10.6 Å². The highest BCUT2D eigenvalue weighted by Crippen LogP contribution is 2.26. The Bertz CT molecular complexity index is 1220. The maximum absolute atomic E-state index is 12.7. The Morgan fingerprint density at radius 1 is 1.21 bits per heavy atom. The summed E-state index contributed by atoms with van der Waals surface area (Å²) >= 11 is 13.0. The zero-order valence-electron chi connectivity index (χ0n) is 18.0. The van der Waals surface area contributed by atoms with E-state index in [0.29, 0.717) is 26.7 Å².